The van der Waals surface area contributed by atoms with E-state index >= 15 is 0 Å². The van der Waals surface area contributed by atoms with Crippen molar-refractivity contribution in [3.63, 3.8) is 0 Å². The molecule has 3 fully saturated rings. The Morgan fingerprint density at radius 2 is 0.769 bits per heavy atom. The molecule has 0 radical (unpaired) electrons. The molecule has 0 aromatic carbocycles. The fourth-order valence-electron chi connectivity index (χ4n) is 6.67. The van der Waals surface area contributed by atoms with Gasteiger partial charge in [-0.05, 0) is 0 Å². The van der Waals surface area contributed by atoms with Crippen LogP contribution in [0.4, 0.5) is 0 Å². The number of rotatable bonds is 28. The summed E-state index contributed by atoms with van der Waals surface area (Å²) in [6.45, 7) is -2.06. The average molecular weight is 1310 g/mol. The van der Waals surface area contributed by atoms with Gasteiger partial charge in [-0.25, -0.2) is 48.5 Å². The number of aliphatic hydroxyl groups excluding tert-OH is 4. The Hall–Kier alpha value is -2.43. The Balaban J connectivity index is 0.0000208. The molecule has 46 nitrogen and oxygen atoms in total. The van der Waals surface area contributed by atoms with Crippen LogP contribution in [0.2, 0.25) is 0 Å². The molecule has 78 heavy (non-hydrogen) atoms. The number of aliphatic hydroxyl groups is 4. The van der Waals surface area contributed by atoms with Crippen molar-refractivity contribution >= 4 is 96.7 Å². The van der Waals surface area contributed by atoms with E-state index < -0.39 is 220 Å². The van der Waals surface area contributed by atoms with Gasteiger partial charge in [0.15, 0.2) is 61.6 Å². The normalized spacial score (nSPS) is 32.4. The minimum absolute atomic E-state index is 0. The predicted octanol–water partition coefficient (Wildman–Crippen LogP) is -13.9. The van der Waals surface area contributed by atoms with E-state index in [1.165, 1.54) is 0 Å². The van der Waals surface area contributed by atoms with Crippen molar-refractivity contribution in [2.75, 3.05) is 6.61 Å². The minimum Gasteiger partial charge on any atom is -0.479 e. The summed E-state index contributed by atoms with van der Waals surface area (Å²) < 4.78 is 291. The van der Waals surface area contributed by atoms with Crippen molar-refractivity contribution in [1.29, 1.82) is 0 Å². The second-order valence-corrected chi connectivity index (χ2v) is 21.9. The average Bonchev–Trinajstić information content (AvgIpc) is 3.20. The Morgan fingerprint density at radius 1 is 0.423 bits per heavy atom. The molecule has 3 saturated heterocycles. The van der Waals surface area contributed by atoms with Crippen molar-refractivity contribution in [2.45, 2.75) is 117 Å². The van der Waals surface area contributed by atoms with Crippen LogP contribution in [0.3, 0.4) is 0 Å². The zero-order valence-electron chi connectivity index (χ0n) is 36.9. The summed E-state index contributed by atoms with van der Waals surface area (Å²) in [7, 11) is -43.7. The minimum atomic E-state index is -6.50. The number of hydrogen-bond acceptors (Lipinski definition) is 35. The first-order chi connectivity index (χ1) is 34.5. The van der Waals surface area contributed by atoms with E-state index in [0.29, 0.717) is 0 Å². The summed E-state index contributed by atoms with van der Waals surface area (Å²) in [5.74, 6) is -10.5. The van der Waals surface area contributed by atoms with Gasteiger partial charge in [0.05, 0.1) is 6.61 Å². The largest absolute Gasteiger partial charge is 1.00 e. The fourth-order valence-corrected chi connectivity index (χ4v) is 10.1. The first-order valence-electron chi connectivity index (χ1n) is 18.6. The molecule has 0 aromatic heterocycles. The SMILES string of the molecule is O=C(O)[C@@H](O)[C@@H](OC1O[C@@H](C(=O)O)[C@@H](O[C@@H]2O[C@@H](C(=O)O)[C@@H](OC3O[C@H](C(=O)O)[C@H](O)[C@@H](OS(=O)(=O)O)[C@H]3OS(=O)(=O)O)[C@H](O)[C@@H]2OS(=O)(=O)O)[C@H](OS(=O)(=O)O)[C@@H]1OS(=O)(=O)O)[C@H](OS(=O)(=O)O)[C@H](CO)OS(=O)(=O)O.[Na+]. The van der Waals surface area contributed by atoms with E-state index in [-0.39, 0.29) is 29.6 Å². The summed E-state index contributed by atoms with van der Waals surface area (Å²) in [6.07, 6.45) is -64.8. The third-order valence-electron chi connectivity index (χ3n) is 9.21. The van der Waals surface area contributed by atoms with Crippen LogP contribution in [-0.4, -0.2) is 279 Å². The molecule has 0 saturated carbocycles. The van der Waals surface area contributed by atoms with Crippen molar-refractivity contribution in [3.8, 4) is 0 Å². The van der Waals surface area contributed by atoms with E-state index in [1.807, 2.05) is 0 Å². The second kappa shape index (κ2) is 26.9. The van der Waals surface area contributed by atoms with E-state index in [0.717, 1.165) is 0 Å². The summed E-state index contributed by atoms with van der Waals surface area (Å²) in [5.41, 5.74) is 0. The standard InChI is InChI=1S/C24H36O46S7.Na/c25-1-2(64-71(37,38)39)6(65-72(40,41)42)8(5(28)18(29)30)59-24-17(70-77(55,56)57)13(68-75(49,50)51)12(15(63-24)21(35)36)61-22-11(67-74(46,47)48)3(26)7(14(62-22)20(33)34)58-23-16(69-76(52,53)54)9(66-73(43,44)45)4(27)10(60-23)19(31)32;/h2-17,22-28H,1H2,(H,29,30)(H,31,32)(H,33,34)(H,35,36)(H,37,38,39)(H,40,41,42)(H,43,44,45)(H,46,47,48)(H,49,50,51)(H,52,53,54)(H,55,56,57);/q;+1/t2-,3-,4+,5-,6+,7-,8+,9+,10-,11-,12-,13-,14+,15+,16+,17-,22+,23?,24?;/m0./s1. The topological polar surface area (TPSA) is 731 Å². The van der Waals surface area contributed by atoms with E-state index in [9.17, 15) is 146 Å². The molecule has 0 aliphatic carbocycles. The molecule has 0 spiro atoms. The van der Waals surface area contributed by atoms with Crippen LogP contribution in [0.1, 0.15) is 0 Å². The zero-order valence-corrected chi connectivity index (χ0v) is 44.6. The van der Waals surface area contributed by atoms with Gasteiger partial charge in [-0.3, -0.25) is 31.9 Å². The van der Waals surface area contributed by atoms with Gasteiger partial charge in [0, 0.05) is 0 Å². The summed E-state index contributed by atoms with van der Waals surface area (Å²) in [5, 5.41) is 81.7. The Bertz CT molecular complexity index is 2970. The van der Waals surface area contributed by atoms with Gasteiger partial charge in [-0.15, -0.1) is 0 Å². The Labute approximate surface area is 455 Å². The molecule has 3 rings (SSSR count). The van der Waals surface area contributed by atoms with Crippen LogP contribution in [0.15, 0.2) is 0 Å². The maximum absolute atomic E-state index is 12.8. The van der Waals surface area contributed by atoms with Crippen molar-refractivity contribution in [3.05, 3.63) is 0 Å². The molecule has 3 aliphatic rings. The van der Waals surface area contributed by atoms with Gasteiger partial charge in [-0.1, -0.05) is 0 Å². The second-order valence-electron chi connectivity index (χ2n) is 14.5. The third-order valence-corrected chi connectivity index (χ3v) is 12.5. The maximum Gasteiger partial charge on any atom is 1.00 e. The molecular weight excluding hydrogens is 1270 g/mol. The number of carboxylic acid groups (broad SMARTS) is 4. The molecule has 0 amide bonds. The molecule has 0 aromatic rings. The molecule has 0 bridgehead atoms. The van der Waals surface area contributed by atoms with E-state index in [4.69, 9.17) is 33.0 Å². The predicted molar refractivity (Wildman–Crippen MR) is 211 cm³/mol. The molecule has 2 unspecified atom stereocenters. The smallest absolute Gasteiger partial charge is 0.479 e. The number of carboxylic acids is 4. The third kappa shape index (κ3) is 21.4. The van der Waals surface area contributed by atoms with Crippen molar-refractivity contribution in [1.82, 2.24) is 0 Å². The first kappa shape index (κ1) is 71.7. The number of carbonyl (C=O) groups is 4. The first-order valence-corrected chi connectivity index (χ1v) is 28.2. The van der Waals surface area contributed by atoms with Crippen LogP contribution in [-0.2, 0) is 150 Å². The number of hydrogen-bond donors (Lipinski definition) is 15. The van der Waals surface area contributed by atoms with Crippen molar-refractivity contribution < 1.29 is 238 Å². The molecule has 54 heteroatoms. The Kier molecular flexibility index (Phi) is 24.7. The molecule has 3 aliphatic heterocycles. The van der Waals surface area contributed by atoms with E-state index in [2.05, 4.69) is 29.3 Å². The van der Waals surface area contributed by atoms with Gasteiger partial charge in [0.1, 0.15) is 54.9 Å². The molecule has 19 atom stereocenters. The van der Waals surface area contributed by atoms with Gasteiger partial charge in [-0.2, -0.15) is 58.9 Å². The molecular formula is C24H36NaO46S7+. The van der Waals surface area contributed by atoms with Crippen LogP contribution >= 0.6 is 0 Å². The number of aliphatic carboxylic acids is 4. The van der Waals surface area contributed by atoms with Gasteiger partial charge >= 0.3 is 126 Å². The molecule has 3 heterocycles. The quantitative estimate of drug-likeness (QED) is 0.0255. The van der Waals surface area contributed by atoms with Crippen LogP contribution < -0.4 is 29.6 Å². The molecule has 15 N–H and O–H groups in total. The fraction of sp³-hybridized carbons (Fsp3) is 0.833. The number of ether oxygens (including phenoxy) is 6. The van der Waals surface area contributed by atoms with Gasteiger partial charge in [0.25, 0.3) is 0 Å². The van der Waals surface area contributed by atoms with E-state index in [1.54, 1.807) is 0 Å². The molecule has 450 valence electrons. The van der Waals surface area contributed by atoms with Crippen molar-refractivity contribution in [2.24, 2.45) is 0 Å². The Morgan fingerprint density at radius 3 is 1.17 bits per heavy atom. The van der Waals surface area contributed by atoms with Gasteiger partial charge in [0.2, 0.25) is 0 Å². The van der Waals surface area contributed by atoms with Crippen LogP contribution in [0, 0.1) is 0 Å². The van der Waals surface area contributed by atoms with Crippen LogP contribution in [0.25, 0.3) is 0 Å². The summed E-state index contributed by atoms with van der Waals surface area (Å²) in [4.78, 5) is 49.5. The van der Waals surface area contributed by atoms with Crippen LogP contribution in [0.5, 0.6) is 0 Å². The summed E-state index contributed by atoms with van der Waals surface area (Å²) >= 11 is 0. The monoisotopic (exact) mass is 1310 g/mol. The van der Waals surface area contributed by atoms with Gasteiger partial charge < -0.3 is 69.3 Å². The maximum atomic E-state index is 12.8. The zero-order chi connectivity index (χ0) is 59.7. The summed E-state index contributed by atoms with van der Waals surface area (Å²) in [6, 6.07) is 0.